The molecule has 17 heavy (non-hydrogen) atoms. The first kappa shape index (κ1) is 12.5. The number of amides is 1. The van der Waals surface area contributed by atoms with Gasteiger partial charge in [0.1, 0.15) is 6.04 Å². The maximum Gasteiger partial charge on any atom is 0.236 e. The van der Waals surface area contributed by atoms with Gasteiger partial charge in [-0.1, -0.05) is 0 Å². The van der Waals surface area contributed by atoms with E-state index >= 15 is 0 Å². The third-order valence-electron chi connectivity index (χ3n) is 3.20. The lowest BCUT2D eigenvalue weighted by Gasteiger charge is -2.34. The van der Waals surface area contributed by atoms with Crippen molar-refractivity contribution in [2.75, 3.05) is 19.6 Å². The van der Waals surface area contributed by atoms with Crippen molar-refractivity contribution < 1.29 is 4.79 Å². The van der Waals surface area contributed by atoms with Gasteiger partial charge < -0.3 is 11.1 Å². The Labute approximate surface area is 106 Å². The second kappa shape index (κ2) is 5.16. The molecule has 1 aliphatic rings. The Balaban J connectivity index is 2.10. The van der Waals surface area contributed by atoms with Gasteiger partial charge in [-0.2, -0.15) is 0 Å². The van der Waals surface area contributed by atoms with Crippen LogP contribution in [-0.4, -0.2) is 36.5 Å². The third kappa shape index (κ3) is 2.86. The Hall–Kier alpha value is -0.910. The lowest BCUT2D eigenvalue weighted by Crippen LogP contribution is -2.56. The Bertz CT molecular complexity index is 416. The molecule has 1 aliphatic heterocycles. The lowest BCUT2D eigenvalue weighted by molar-refractivity contribution is -0.124. The van der Waals surface area contributed by atoms with E-state index in [9.17, 15) is 4.79 Å². The Morgan fingerprint density at radius 1 is 1.65 bits per heavy atom. The molecule has 2 heterocycles. The molecule has 2 rings (SSSR count). The molecule has 4 nitrogen and oxygen atoms in total. The van der Waals surface area contributed by atoms with Crippen LogP contribution in [0.15, 0.2) is 6.07 Å². The van der Waals surface area contributed by atoms with Gasteiger partial charge in [0.2, 0.25) is 5.91 Å². The molecule has 1 aromatic heterocycles. The zero-order valence-corrected chi connectivity index (χ0v) is 11.1. The average Bonchev–Trinajstić information content (AvgIpc) is 2.58. The number of aryl methyl sites for hydroxylation is 2. The van der Waals surface area contributed by atoms with Gasteiger partial charge in [-0.05, 0) is 25.5 Å². The highest BCUT2D eigenvalue weighted by Gasteiger charge is 2.27. The molecule has 0 bridgehead atoms. The van der Waals surface area contributed by atoms with Gasteiger partial charge in [0.05, 0.1) is 0 Å². The molecule has 94 valence electrons. The van der Waals surface area contributed by atoms with Gasteiger partial charge in [0, 0.05) is 35.9 Å². The number of nitrogens with one attached hydrogen (secondary N) is 1. The number of hydrogen-bond donors (Lipinski definition) is 2. The predicted molar refractivity (Wildman–Crippen MR) is 70.1 cm³/mol. The van der Waals surface area contributed by atoms with E-state index in [1.807, 2.05) is 11.3 Å². The smallest absolute Gasteiger partial charge is 0.236 e. The molecular formula is C12H19N3OS. The van der Waals surface area contributed by atoms with Crippen LogP contribution in [-0.2, 0) is 11.3 Å². The lowest BCUT2D eigenvalue weighted by atomic mass is 10.1. The van der Waals surface area contributed by atoms with Gasteiger partial charge in [-0.25, -0.2) is 0 Å². The van der Waals surface area contributed by atoms with Crippen LogP contribution in [0.25, 0.3) is 0 Å². The normalized spacial score (nSPS) is 21.6. The van der Waals surface area contributed by atoms with Gasteiger partial charge in [0.25, 0.3) is 0 Å². The summed E-state index contributed by atoms with van der Waals surface area (Å²) < 4.78 is 0. The molecule has 1 fully saturated rings. The quantitative estimate of drug-likeness (QED) is 0.830. The first-order valence-corrected chi connectivity index (χ1v) is 6.69. The summed E-state index contributed by atoms with van der Waals surface area (Å²) in [7, 11) is 0. The molecule has 0 saturated carbocycles. The summed E-state index contributed by atoms with van der Waals surface area (Å²) in [5.74, 6) is -0.234. The molecule has 1 amide bonds. The van der Waals surface area contributed by atoms with Crippen LogP contribution in [0, 0.1) is 13.8 Å². The van der Waals surface area contributed by atoms with E-state index in [4.69, 9.17) is 5.73 Å². The minimum Gasteiger partial charge on any atom is -0.368 e. The van der Waals surface area contributed by atoms with Crippen molar-refractivity contribution in [3.8, 4) is 0 Å². The predicted octanol–water partition coefficient (Wildman–Crippen LogP) is 0.624. The van der Waals surface area contributed by atoms with Crippen molar-refractivity contribution in [1.82, 2.24) is 10.2 Å². The number of thiophene rings is 1. The second-order valence-corrected chi connectivity index (χ2v) is 5.99. The number of carbonyl (C=O) groups excluding carboxylic acids is 1. The number of hydrogen-bond acceptors (Lipinski definition) is 4. The van der Waals surface area contributed by atoms with Gasteiger partial charge in [-0.3, -0.25) is 9.69 Å². The summed E-state index contributed by atoms with van der Waals surface area (Å²) in [5.41, 5.74) is 6.76. The monoisotopic (exact) mass is 253 g/mol. The topological polar surface area (TPSA) is 58.4 Å². The molecule has 5 heteroatoms. The second-order valence-electron chi connectivity index (χ2n) is 4.53. The fourth-order valence-electron chi connectivity index (χ4n) is 2.28. The SMILES string of the molecule is Cc1cc(CN2CCNCC2C(N)=O)c(C)s1. The van der Waals surface area contributed by atoms with Crippen LogP contribution in [0.1, 0.15) is 15.3 Å². The minimum atomic E-state index is -0.234. The van der Waals surface area contributed by atoms with Gasteiger partial charge in [-0.15, -0.1) is 11.3 Å². The van der Waals surface area contributed by atoms with Crippen LogP contribution in [0.2, 0.25) is 0 Å². The van der Waals surface area contributed by atoms with E-state index in [2.05, 4.69) is 30.1 Å². The van der Waals surface area contributed by atoms with Crippen LogP contribution in [0.3, 0.4) is 0 Å². The minimum absolute atomic E-state index is 0.177. The van der Waals surface area contributed by atoms with Crippen molar-refractivity contribution in [3.05, 3.63) is 21.4 Å². The van der Waals surface area contributed by atoms with Crippen molar-refractivity contribution in [2.24, 2.45) is 5.73 Å². The van der Waals surface area contributed by atoms with E-state index in [0.29, 0.717) is 6.54 Å². The van der Waals surface area contributed by atoms with Crippen LogP contribution < -0.4 is 11.1 Å². The summed E-state index contributed by atoms with van der Waals surface area (Å²) in [5, 5.41) is 3.21. The molecule has 1 saturated heterocycles. The fourth-order valence-corrected chi connectivity index (χ4v) is 3.21. The highest BCUT2D eigenvalue weighted by molar-refractivity contribution is 7.12. The van der Waals surface area contributed by atoms with Crippen molar-refractivity contribution >= 4 is 17.2 Å². The van der Waals surface area contributed by atoms with E-state index in [1.54, 1.807) is 0 Å². The first-order valence-electron chi connectivity index (χ1n) is 5.88. The van der Waals surface area contributed by atoms with Crippen molar-refractivity contribution in [3.63, 3.8) is 0 Å². The van der Waals surface area contributed by atoms with E-state index in [1.165, 1.54) is 15.3 Å². The molecule has 1 atom stereocenters. The first-order chi connectivity index (χ1) is 8.08. The number of piperazine rings is 1. The zero-order valence-electron chi connectivity index (χ0n) is 10.3. The van der Waals surface area contributed by atoms with E-state index in [0.717, 1.165) is 19.6 Å². The summed E-state index contributed by atoms with van der Waals surface area (Å²) >= 11 is 1.81. The maximum absolute atomic E-state index is 11.4. The van der Waals surface area contributed by atoms with Crippen molar-refractivity contribution in [1.29, 1.82) is 0 Å². The average molecular weight is 253 g/mol. The van der Waals surface area contributed by atoms with Gasteiger partial charge in [0.15, 0.2) is 0 Å². The standard InChI is InChI=1S/C12H19N3OS/c1-8-5-10(9(2)17-8)7-15-4-3-14-6-11(15)12(13)16/h5,11,14H,3-4,6-7H2,1-2H3,(H2,13,16). The molecule has 1 aromatic rings. The Morgan fingerprint density at radius 3 is 3.00 bits per heavy atom. The molecule has 1 unspecified atom stereocenters. The molecule has 0 spiro atoms. The van der Waals surface area contributed by atoms with E-state index in [-0.39, 0.29) is 11.9 Å². The Kier molecular flexibility index (Phi) is 3.81. The Morgan fingerprint density at radius 2 is 2.41 bits per heavy atom. The van der Waals surface area contributed by atoms with Gasteiger partial charge >= 0.3 is 0 Å². The summed E-state index contributed by atoms with van der Waals surface area (Å²) in [6.45, 7) is 7.54. The number of nitrogens with zero attached hydrogens (tertiary/aromatic N) is 1. The largest absolute Gasteiger partial charge is 0.368 e. The number of nitrogens with two attached hydrogens (primary N) is 1. The fraction of sp³-hybridized carbons (Fsp3) is 0.583. The molecule has 0 aromatic carbocycles. The molecule has 0 radical (unpaired) electrons. The van der Waals surface area contributed by atoms with Crippen LogP contribution in [0.5, 0.6) is 0 Å². The highest BCUT2D eigenvalue weighted by Crippen LogP contribution is 2.22. The zero-order chi connectivity index (χ0) is 12.4. The number of rotatable bonds is 3. The molecule has 0 aliphatic carbocycles. The van der Waals surface area contributed by atoms with Crippen LogP contribution in [0.4, 0.5) is 0 Å². The summed E-state index contributed by atoms with van der Waals surface area (Å²) in [4.78, 5) is 16.2. The summed E-state index contributed by atoms with van der Waals surface area (Å²) in [6, 6.07) is 2.03. The maximum atomic E-state index is 11.4. The third-order valence-corrected chi connectivity index (χ3v) is 4.21. The van der Waals surface area contributed by atoms with E-state index < -0.39 is 0 Å². The van der Waals surface area contributed by atoms with Crippen LogP contribution >= 0.6 is 11.3 Å². The molecular weight excluding hydrogens is 234 g/mol. The number of primary amides is 1. The highest BCUT2D eigenvalue weighted by atomic mass is 32.1. The number of carbonyl (C=O) groups is 1. The molecule has 3 N–H and O–H groups in total. The summed E-state index contributed by atoms with van der Waals surface area (Å²) in [6.07, 6.45) is 0. The van der Waals surface area contributed by atoms with Crippen molar-refractivity contribution in [2.45, 2.75) is 26.4 Å².